The Balaban J connectivity index is 2.22. The van der Waals surface area contributed by atoms with Gasteiger partial charge < -0.3 is 0 Å². The highest BCUT2D eigenvalue weighted by Crippen LogP contribution is 2.35. The minimum absolute atomic E-state index is 0.111. The molecule has 2 rings (SSSR count). The fraction of sp³-hybridized carbons (Fsp3) is 0.615. The molecule has 0 spiro atoms. The van der Waals surface area contributed by atoms with Crippen molar-refractivity contribution in [2.75, 3.05) is 6.54 Å². The van der Waals surface area contributed by atoms with Gasteiger partial charge in [-0.3, -0.25) is 15.0 Å². The third-order valence-corrected chi connectivity index (χ3v) is 4.75. The van der Waals surface area contributed by atoms with Crippen molar-refractivity contribution in [3.05, 3.63) is 27.1 Å². The number of hydrogen-bond donors (Lipinski definition) is 0. The summed E-state index contributed by atoms with van der Waals surface area (Å²) in [5, 5.41) is 20.3. The summed E-state index contributed by atoms with van der Waals surface area (Å²) >= 11 is 1.12. The van der Waals surface area contributed by atoms with Crippen LogP contribution in [0.2, 0.25) is 0 Å². The molecule has 1 saturated heterocycles. The van der Waals surface area contributed by atoms with Crippen molar-refractivity contribution in [3.8, 4) is 6.07 Å². The summed E-state index contributed by atoms with van der Waals surface area (Å²) in [6.07, 6.45) is 4.44. The van der Waals surface area contributed by atoms with Crippen LogP contribution in [0.5, 0.6) is 0 Å². The van der Waals surface area contributed by atoms with Gasteiger partial charge in [-0.05, 0) is 25.3 Å². The molecular formula is C13H17N3O2S. The third kappa shape index (κ3) is 2.94. The number of piperidine rings is 1. The second kappa shape index (κ2) is 6.13. The van der Waals surface area contributed by atoms with Gasteiger partial charge in [0.05, 0.1) is 11.0 Å². The van der Waals surface area contributed by atoms with Crippen LogP contribution in [0.25, 0.3) is 0 Å². The van der Waals surface area contributed by atoms with Gasteiger partial charge in [-0.1, -0.05) is 24.7 Å². The summed E-state index contributed by atoms with van der Waals surface area (Å²) in [6, 6.07) is 5.61. The normalized spacial score (nSPS) is 21.8. The molecule has 6 heteroatoms. The van der Waals surface area contributed by atoms with Gasteiger partial charge in [-0.15, -0.1) is 0 Å². The van der Waals surface area contributed by atoms with Crippen molar-refractivity contribution >= 4 is 16.3 Å². The average molecular weight is 279 g/mol. The molecule has 1 aliphatic heterocycles. The van der Waals surface area contributed by atoms with Crippen LogP contribution in [0.1, 0.15) is 43.5 Å². The van der Waals surface area contributed by atoms with Gasteiger partial charge in [0.25, 0.3) is 0 Å². The maximum absolute atomic E-state index is 10.7. The summed E-state index contributed by atoms with van der Waals surface area (Å²) < 4.78 is 0. The molecule has 1 aromatic rings. The maximum atomic E-state index is 10.7. The van der Waals surface area contributed by atoms with E-state index in [1.165, 1.54) is 12.5 Å². The number of nitrogens with zero attached hydrogens (tertiary/aromatic N) is 3. The average Bonchev–Trinajstić information content (AvgIpc) is 2.90. The lowest BCUT2D eigenvalue weighted by Crippen LogP contribution is -2.41. The Morgan fingerprint density at radius 2 is 2.42 bits per heavy atom. The molecule has 0 radical (unpaired) electrons. The van der Waals surface area contributed by atoms with E-state index in [9.17, 15) is 15.4 Å². The molecule has 0 aromatic carbocycles. The Kier molecular flexibility index (Phi) is 4.51. The molecule has 102 valence electrons. The van der Waals surface area contributed by atoms with E-state index in [0.29, 0.717) is 6.04 Å². The van der Waals surface area contributed by atoms with Gasteiger partial charge in [0, 0.05) is 23.5 Å². The molecule has 2 atom stereocenters. The zero-order valence-corrected chi connectivity index (χ0v) is 11.7. The number of thiophene rings is 1. The first-order valence-corrected chi connectivity index (χ1v) is 7.38. The first-order chi connectivity index (χ1) is 9.17. The largest absolute Gasteiger partial charge is 0.324 e. The molecule has 0 aliphatic carbocycles. The van der Waals surface area contributed by atoms with Gasteiger partial charge in [-0.2, -0.15) is 5.26 Å². The summed E-state index contributed by atoms with van der Waals surface area (Å²) in [6.45, 7) is 3.04. The Morgan fingerprint density at radius 1 is 1.63 bits per heavy atom. The fourth-order valence-corrected chi connectivity index (χ4v) is 3.58. The van der Waals surface area contributed by atoms with E-state index in [1.807, 2.05) is 0 Å². The standard InChI is InChI=1S/C13H17N3O2S/c1-2-10-5-3-4-8-15(10)11(9-14)12-6-7-13(19-12)16(17)18/h6-7,10-11H,2-5,8H2,1H3. The van der Waals surface area contributed by atoms with Crippen molar-refractivity contribution in [3.63, 3.8) is 0 Å². The SMILES string of the molecule is CCC1CCCCN1C(C#N)c1ccc([N+](=O)[O-])s1. The minimum Gasteiger partial charge on any atom is -0.281 e. The molecule has 19 heavy (non-hydrogen) atoms. The number of nitro groups is 1. The number of rotatable bonds is 4. The van der Waals surface area contributed by atoms with Gasteiger partial charge in [0.15, 0.2) is 0 Å². The van der Waals surface area contributed by atoms with Crippen LogP contribution in [-0.4, -0.2) is 22.4 Å². The van der Waals surface area contributed by atoms with E-state index < -0.39 is 4.92 Å². The molecule has 0 saturated carbocycles. The Labute approximate surface area is 116 Å². The highest BCUT2D eigenvalue weighted by Gasteiger charge is 2.30. The molecule has 1 aromatic heterocycles. The smallest absolute Gasteiger partial charge is 0.281 e. The summed E-state index contributed by atoms with van der Waals surface area (Å²) in [5.41, 5.74) is 0. The third-order valence-electron chi connectivity index (χ3n) is 3.66. The Hall–Kier alpha value is -1.45. The number of likely N-dealkylation sites (tertiary alicyclic amines) is 1. The van der Waals surface area contributed by atoms with Gasteiger partial charge in [0.1, 0.15) is 6.04 Å². The van der Waals surface area contributed by atoms with Crippen LogP contribution < -0.4 is 0 Å². The molecule has 2 unspecified atom stereocenters. The topological polar surface area (TPSA) is 70.2 Å². The van der Waals surface area contributed by atoms with Crippen molar-refractivity contribution in [2.24, 2.45) is 0 Å². The highest BCUT2D eigenvalue weighted by atomic mass is 32.1. The van der Waals surface area contributed by atoms with Crippen LogP contribution in [0, 0.1) is 21.4 Å². The molecule has 1 fully saturated rings. The first kappa shape index (κ1) is 14.0. The quantitative estimate of drug-likeness (QED) is 0.625. The lowest BCUT2D eigenvalue weighted by Gasteiger charge is -2.37. The second-order valence-electron chi connectivity index (χ2n) is 4.76. The zero-order chi connectivity index (χ0) is 13.8. The minimum atomic E-state index is -0.393. The zero-order valence-electron chi connectivity index (χ0n) is 10.9. The van der Waals surface area contributed by atoms with Gasteiger partial charge in [0.2, 0.25) is 0 Å². The van der Waals surface area contributed by atoms with Gasteiger partial charge in [-0.25, -0.2) is 0 Å². The summed E-state index contributed by atoms with van der Waals surface area (Å²) in [7, 11) is 0. The van der Waals surface area contributed by atoms with E-state index in [-0.39, 0.29) is 11.0 Å². The summed E-state index contributed by atoms with van der Waals surface area (Å²) in [4.78, 5) is 13.3. The fourth-order valence-electron chi connectivity index (χ4n) is 2.69. The molecule has 5 nitrogen and oxygen atoms in total. The van der Waals surface area contributed by atoms with Gasteiger partial charge >= 0.3 is 5.00 Å². The van der Waals surface area contributed by atoms with Crippen molar-refractivity contribution in [1.82, 2.24) is 4.90 Å². The molecule has 2 heterocycles. The van der Waals surface area contributed by atoms with Crippen molar-refractivity contribution < 1.29 is 4.92 Å². The molecule has 0 bridgehead atoms. The second-order valence-corrected chi connectivity index (χ2v) is 5.85. The van der Waals surface area contributed by atoms with E-state index >= 15 is 0 Å². The number of hydrogen-bond acceptors (Lipinski definition) is 5. The van der Waals surface area contributed by atoms with E-state index in [0.717, 1.165) is 42.0 Å². The van der Waals surface area contributed by atoms with Crippen LogP contribution in [-0.2, 0) is 0 Å². The van der Waals surface area contributed by atoms with Crippen LogP contribution in [0.3, 0.4) is 0 Å². The number of nitriles is 1. The predicted molar refractivity (Wildman–Crippen MR) is 74.0 cm³/mol. The lowest BCUT2D eigenvalue weighted by atomic mass is 9.97. The van der Waals surface area contributed by atoms with Crippen molar-refractivity contribution in [2.45, 2.75) is 44.7 Å². The van der Waals surface area contributed by atoms with Crippen LogP contribution in [0.4, 0.5) is 5.00 Å². The summed E-state index contributed by atoms with van der Waals surface area (Å²) in [5.74, 6) is 0. The van der Waals surface area contributed by atoms with Crippen molar-refractivity contribution in [1.29, 1.82) is 5.26 Å². The Bertz CT molecular complexity index is 494. The first-order valence-electron chi connectivity index (χ1n) is 6.56. The van der Waals surface area contributed by atoms with Crippen LogP contribution in [0.15, 0.2) is 12.1 Å². The molecular weight excluding hydrogens is 262 g/mol. The maximum Gasteiger partial charge on any atom is 0.324 e. The molecule has 0 amide bonds. The highest BCUT2D eigenvalue weighted by molar-refractivity contribution is 7.15. The molecule has 1 aliphatic rings. The monoisotopic (exact) mass is 279 g/mol. The predicted octanol–water partition coefficient (Wildman–Crippen LogP) is 3.49. The van der Waals surface area contributed by atoms with E-state index in [2.05, 4.69) is 17.9 Å². The van der Waals surface area contributed by atoms with E-state index in [1.54, 1.807) is 6.07 Å². The van der Waals surface area contributed by atoms with E-state index in [4.69, 9.17) is 0 Å². The lowest BCUT2D eigenvalue weighted by molar-refractivity contribution is -0.380. The van der Waals surface area contributed by atoms with Crippen LogP contribution >= 0.6 is 11.3 Å². The Morgan fingerprint density at radius 3 is 3.00 bits per heavy atom. The molecule has 0 N–H and O–H groups in total.